The highest BCUT2D eigenvalue weighted by Crippen LogP contribution is 2.31. The fourth-order valence-corrected chi connectivity index (χ4v) is 4.70. The van der Waals surface area contributed by atoms with E-state index < -0.39 is 5.97 Å². The van der Waals surface area contributed by atoms with E-state index in [2.05, 4.69) is 4.57 Å². The van der Waals surface area contributed by atoms with Crippen molar-refractivity contribution in [2.24, 2.45) is 13.0 Å². The second kappa shape index (κ2) is 11.5. The molecule has 0 aliphatic carbocycles. The van der Waals surface area contributed by atoms with Gasteiger partial charge < -0.3 is 9.67 Å². The van der Waals surface area contributed by atoms with Crippen LogP contribution in [0.5, 0.6) is 0 Å². The minimum atomic E-state index is -0.896. The number of aryl methyl sites for hydroxylation is 2. The Labute approximate surface area is 199 Å². The van der Waals surface area contributed by atoms with Crippen molar-refractivity contribution in [3.63, 3.8) is 0 Å². The molecule has 6 heteroatoms. The lowest BCUT2D eigenvalue weighted by molar-refractivity contribution is -0.137. The number of fused-ring (bicyclic) bond motifs is 1. The molecule has 1 aromatic heterocycles. The number of ketones is 1. The fourth-order valence-electron chi connectivity index (χ4n) is 4.52. The Morgan fingerprint density at radius 1 is 1.03 bits per heavy atom. The van der Waals surface area contributed by atoms with Gasteiger partial charge in [-0.05, 0) is 61.4 Å². The molecule has 1 atom stereocenters. The van der Waals surface area contributed by atoms with Crippen molar-refractivity contribution >= 4 is 34.3 Å². The van der Waals surface area contributed by atoms with Crippen LogP contribution in [0.2, 0.25) is 5.02 Å². The Kier molecular flexibility index (Phi) is 8.67. The first-order valence-corrected chi connectivity index (χ1v) is 11.9. The van der Waals surface area contributed by atoms with Gasteiger partial charge in [0.25, 0.3) is 0 Å². The molecule has 0 amide bonds. The summed E-state index contributed by atoms with van der Waals surface area (Å²) in [6.45, 7) is 1.79. The number of Topliss-reactive ketones (excluding diaryl/α,β-unsaturated/α-hetero) is 1. The van der Waals surface area contributed by atoms with Gasteiger partial charge in [-0.2, -0.15) is 0 Å². The first kappa shape index (κ1) is 25.0. The van der Waals surface area contributed by atoms with E-state index in [0.29, 0.717) is 10.6 Å². The number of halogens is 2. The summed E-state index contributed by atoms with van der Waals surface area (Å²) >= 11 is 6.23. The SMILES string of the molecule is C[C@@H](CC(=O)O)CC(=O)c1c(CCCCCCc2ccccc2F)n(C)c2ccc(Cl)cc12. The summed E-state index contributed by atoms with van der Waals surface area (Å²) in [5.41, 5.74) is 3.34. The summed E-state index contributed by atoms with van der Waals surface area (Å²) in [7, 11) is 1.96. The Hall–Kier alpha value is -2.66. The van der Waals surface area contributed by atoms with Gasteiger partial charge in [-0.15, -0.1) is 0 Å². The molecule has 4 nitrogen and oxygen atoms in total. The van der Waals surface area contributed by atoms with E-state index >= 15 is 0 Å². The van der Waals surface area contributed by atoms with Gasteiger partial charge >= 0.3 is 5.97 Å². The third kappa shape index (κ3) is 6.44. The number of carbonyl (C=O) groups is 2. The highest BCUT2D eigenvalue weighted by molar-refractivity contribution is 6.31. The topological polar surface area (TPSA) is 59.3 Å². The summed E-state index contributed by atoms with van der Waals surface area (Å²) in [6, 6.07) is 12.5. The maximum atomic E-state index is 13.8. The number of carbonyl (C=O) groups excluding carboxylic acids is 1. The van der Waals surface area contributed by atoms with E-state index in [-0.39, 0.29) is 30.4 Å². The number of benzene rings is 2. The van der Waals surface area contributed by atoms with Gasteiger partial charge in [-0.3, -0.25) is 9.59 Å². The monoisotopic (exact) mass is 471 g/mol. The molecule has 1 N–H and O–H groups in total. The van der Waals surface area contributed by atoms with Crippen LogP contribution in [0.1, 0.15) is 67.1 Å². The Morgan fingerprint density at radius 2 is 1.73 bits per heavy atom. The van der Waals surface area contributed by atoms with Gasteiger partial charge in [-0.25, -0.2) is 4.39 Å². The van der Waals surface area contributed by atoms with Gasteiger partial charge in [0, 0.05) is 47.1 Å². The normalized spacial score (nSPS) is 12.2. The third-order valence-electron chi connectivity index (χ3n) is 6.19. The molecular weight excluding hydrogens is 441 g/mol. The largest absolute Gasteiger partial charge is 0.481 e. The smallest absolute Gasteiger partial charge is 0.303 e. The van der Waals surface area contributed by atoms with Crippen molar-refractivity contribution < 1.29 is 19.1 Å². The molecule has 0 fully saturated rings. The summed E-state index contributed by atoms with van der Waals surface area (Å²) < 4.78 is 15.8. The Bertz CT molecular complexity index is 1140. The van der Waals surface area contributed by atoms with E-state index in [1.54, 1.807) is 13.0 Å². The van der Waals surface area contributed by atoms with E-state index in [1.807, 2.05) is 37.4 Å². The highest BCUT2D eigenvalue weighted by Gasteiger charge is 2.23. The van der Waals surface area contributed by atoms with Crippen LogP contribution < -0.4 is 0 Å². The molecular formula is C27H31ClFNO3. The molecule has 0 saturated carbocycles. The summed E-state index contributed by atoms with van der Waals surface area (Å²) in [5.74, 6) is -1.32. The number of carboxylic acid groups (broad SMARTS) is 1. The number of unbranched alkanes of at least 4 members (excludes halogenated alkanes) is 3. The number of aromatic nitrogens is 1. The number of carboxylic acids is 1. The minimum absolute atomic E-state index is 0.0331. The minimum Gasteiger partial charge on any atom is -0.481 e. The van der Waals surface area contributed by atoms with Gasteiger partial charge in [0.05, 0.1) is 0 Å². The predicted molar refractivity (Wildman–Crippen MR) is 131 cm³/mol. The molecule has 3 aromatic rings. The lowest BCUT2D eigenvalue weighted by Crippen LogP contribution is -2.12. The number of hydrogen-bond acceptors (Lipinski definition) is 2. The van der Waals surface area contributed by atoms with Crippen LogP contribution in [0.25, 0.3) is 10.9 Å². The number of aliphatic carboxylic acids is 1. The molecule has 3 rings (SSSR count). The first-order valence-electron chi connectivity index (χ1n) is 11.5. The van der Waals surface area contributed by atoms with Crippen molar-refractivity contribution in [3.8, 4) is 0 Å². The van der Waals surface area contributed by atoms with Crippen molar-refractivity contribution in [2.45, 2.75) is 58.3 Å². The maximum absolute atomic E-state index is 13.8. The van der Waals surface area contributed by atoms with Crippen molar-refractivity contribution in [2.75, 3.05) is 0 Å². The van der Waals surface area contributed by atoms with Crippen LogP contribution in [-0.2, 0) is 24.7 Å². The number of rotatable bonds is 12. The van der Waals surface area contributed by atoms with E-state index in [9.17, 15) is 14.0 Å². The van der Waals surface area contributed by atoms with E-state index in [1.165, 1.54) is 6.07 Å². The Morgan fingerprint density at radius 3 is 2.42 bits per heavy atom. The van der Waals surface area contributed by atoms with Crippen LogP contribution in [0, 0.1) is 11.7 Å². The highest BCUT2D eigenvalue weighted by atomic mass is 35.5. The summed E-state index contributed by atoms with van der Waals surface area (Å²) in [6.07, 6.45) is 5.44. The predicted octanol–water partition coefficient (Wildman–Crippen LogP) is 7.00. The molecule has 0 aliphatic rings. The summed E-state index contributed by atoms with van der Waals surface area (Å²) in [5, 5.41) is 10.5. The van der Waals surface area contributed by atoms with Gasteiger partial charge in [0.1, 0.15) is 5.82 Å². The summed E-state index contributed by atoms with van der Waals surface area (Å²) in [4.78, 5) is 24.3. The average Bonchev–Trinajstić information content (AvgIpc) is 3.02. The zero-order chi connectivity index (χ0) is 24.0. The molecule has 0 radical (unpaired) electrons. The molecule has 0 saturated heterocycles. The van der Waals surface area contributed by atoms with Crippen molar-refractivity contribution in [3.05, 3.63) is 70.1 Å². The number of nitrogens with zero attached hydrogens (tertiary/aromatic N) is 1. The van der Waals surface area contributed by atoms with Crippen LogP contribution >= 0.6 is 11.6 Å². The van der Waals surface area contributed by atoms with E-state index in [0.717, 1.165) is 60.7 Å². The second-order valence-electron chi connectivity index (χ2n) is 8.88. The Balaban J connectivity index is 1.68. The van der Waals surface area contributed by atoms with Crippen molar-refractivity contribution in [1.29, 1.82) is 0 Å². The zero-order valence-electron chi connectivity index (χ0n) is 19.2. The maximum Gasteiger partial charge on any atom is 0.303 e. The van der Waals surface area contributed by atoms with Crippen LogP contribution in [0.3, 0.4) is 0 Å². The molecule has 2 aromatic carbocycles. The van der Waals surface area contributed by atoms with Crippen LogP contribution in [0.4, 0.5) is 4.39 Å². The zero-order valence-corrected chi connectivity index (χ0v) is 20.0. The molecule has 0 bridgehead atoms. The third-order valence-corrected chi connectivity index (χ3v) is 6.42. The lowest BCUT2D eigenvalue weighted by Gasteiger charge is -2.11. The molecule has 0 spiro atoms. The molecule has 0 aliphatic heterocycles. The quantitative estimate of drug-likeness (QED) is 0.228. The lowest BCUT2D eigenvalue weighted by atomic mass is 9.94. The fraction of sp³-hybridized carbons (Fsp3) is 0.407. The molecule has 1 heterocycles. The average molecular weight is 472 g/mol. The first-order chi connectivity index (χ1) is 15.8. The van der Waals surface area contributed by atoms with Gasteiger partial charge in [-0.1, -0.05) is 49.6 Å². The second-order valence-corrected chi connectivity index (χ2v) is 9.31. The van der Waals surface area contributed by atoms with Crippen LogP contribution in [-0.4, -0.2) is 21.4 Å². The molecule has 0 unspecified atom stereocenters. The van der Waals surface area contributed by atoms with Gasteiger partial charge in [0.2, 0.25) is 0 Å². The van der Waals surface area contributed by atoms with E-state index in [4.69, 9.17) is 16.7 Å². The number of hydrogen-bond donors (Lipinski definition) is 1. The van der Waals surface area contributed by atoms with Crippen molar-refractivity contribution in [1.82, 2.24) is 4.57 Å². The standard InChI is InChI=1S/C27H31ClFNO3/c1-18(16-26(32)33)15-25(31)27-21-17-20(28)13-14-23(21)30(2)24(27)12-6-4-3-5-9-19-10-7-8-11-22(19)29/h7-8,10-11,13-14,17-18H,3-6,9,12,15-16H2,1-2H3,(H,32,33)/t18-/m1/s1. The molecule has 33 heavy (non-hydrogen) atoms. The van der Waals surface area contributed by atoms with Crippen LogP contribution in [0.15, 0.2) is 42.5 Å². The van der Waals surface area contributed by atoms with Gasteiger partial charge in [0.15, 0.2) is 5.78 Å². The molecule has 176 valence electrons.